The van der Waals surface area contributed by atoms with Crippen molar-refractivity contribution in [2.45, 2.75) is 19.1 Å². The Hall–Kier alpha value is -3.16. The van der Waals surface area contributed by atoms with Crippen LogP contribution in [0.5, 0.6) is 0 Å². The van der Waals surface area contributed by atoms with Gasteiger partial charge in [-0.2, -0.15) is 13.2 Å². The first-order chi connectivity index (χ1) is 13.3. The van der Waals surface area contributed by atoms with Gasteiger partial charge in [-0.3, -0.25) is 4.79 Å². The van der Waals surface area contributed by atoms with Gasteiger partial charge in [0, 0.05) is 13.1 Å². The molecular weight excluding hydrogens is 369 g/mol. The molecule has 0 atom stereocenters. The van der Waals surface area contributed by atoms with Gasteiger partial charge in [0.05, 0.1) is 12.1 Å². The van der Waals surface area contributed by atoms with E-state index in [1.807, 2.05) is 18.2 Å². The van der Waals surface area contributed by atoms with Crippen molar-refractivity contribution in [3.8, 4) is 11.1 Å². The largest absolute Gasteiger partial charge is 0.416 e. The molecule has 4 rings (SSSR count). The second kappa shape index (κ2) is 6.78. The summed E-state index contributed by atoms with van der Waals surface area (Å²) in [6.07, 6.45) is -3.65. The van der Waals surface area contributed by atoms with Crippen LogP contribution in [0, 0.1) is 0 Å². The van der Waals surface area contributed by atoms with Crippen LogP contribution in [-0.4, -0.2) is 35.6 Å². The molecule has 0 spiro atoms. The number of fused-ring (bicyclic) bond motifs is 1. The van der Waals surface area contributed by atoms with Gasteiger partial charge in [0.1, 0.15) is 5.71 Å². The van der Waals surface area contributed by atoms with E-state index in [0.29, 0.717) is 30.8 Å². The van der Waals surface area contributed by atoms with Crippen LogP contribution in [0.1, 0.15) is 16.7 Å². The highest BCUT2D eigenvalue weighted by molar-refractivity contribution is 6.42. The van der Waals surface area contributed by atoms with E-state index in [2.05, 4.69) is 9.98 Å². The molecule has 0 aliphatic carbocycles. The van der Waals surface area contributed by atoms with Crippen molar-refractivity contribution in [3.63, 3.8) is 0 Å². The Labute approximate surface area is 159 Å². The Balaban J connectivity index is 1.55. The van der Waals surface area contributed by atoms with Gasteiger partial charge in [-0.05, 0) is 46.9 Å². The van der Waals surface area contributed by atoms with Gasteiger partial charge in [-0.1, -0.05) is 24.3 Å². The predicted molar refractivity (Wildman–Crippen MR) is 99.9 cm³/mol. The molecule has 2 aromatic rings. The number of nitrogens with two attached hydrogens (primary N) is 1. The molecule has 0 unspecified atom stereocenters. The van der Waals surface area contributed by atoms with Crippen LogP contribution in [-0.2, 0) is 23.9 Å². The molecular formula is C20H17F3N4O. The van der Waals surface area contributed by atoms with Crippen molar-refractivity contribution in [1.29, 1.82) is 0 Å². The molecule has 0 fully saturated rings. The molecule has 2 N–H and O–H groups in total. The third-order valence-corrected chi connectivity index (χ3v) is 4.94. The van der Waals surface area contributed by atoms with Crippen molar-refractivity contribution >= 4 is 17.6 Å². The third kappa shape index (κ3) is 3.49. The maximum Gasteiger partial charge on any atom is 0.416 e. The molecule has 2 aromatic carbocycles. The molecule has 8 heteroatoms. The summed E-state index contributed by atoms with van der Waals surface area (Å²) in [6.45, 7) is 1.19. The quantitative estimate of drug-likeness (QED) is 0.862. The van der Waals surface area contributed by atoms with E-state index in [4.69, 9.17) is 5.73 Å². The lowest BCUT2D eigenvalue weighted by atomic mass is 9.94. The van der Waals surface area contributed by atoms with Crippen LogP contribution < -0.4 is 5.73 Å². The number of halogens is 3. The average molecular weight is 386 g/mol. The SMILES string of the molecule is NC1=NCC(C(=O)N2CCc3ccc(-c4ccc(C(F)(F)F)cc4)cc3C2)=N1. The van der Waals surface area contributed by atoms with Crippen molar-refractivity contribution in [2.24, 2.45) is 15.7 Å². The smallest absolute Gasteiger partial charge is 0.368 e. The number of hydrogen-bond acceptors (Lipinski definition) is 4. The minimum absolute atomic E-state index is 0.116. The molecule has 28 heavy (non-hydrogen) atoms. The summed E-state index contributed by atoms with van der Waals surface area (Å²) in [5, 5.41) is 0. The average Bonchev–Trinajstić information content (AvgIpc) is 3.12. The zero-order valence-electron chi connectivity index (χ0n) is 14.8. The van der Waals surface area contributed by atoms with Crippen LogP contribution in [0.25, 0.3) is 11.1 Å². The van der Waals surface area contributed by atoms with Gasteiger partial charge < -0.3 is 10.6 Å². The van der Waals surface area contributed by atoms with E-state index >= 15 is 0 Å². The highest BCUT2D eigenvalue weighted by Crippen LogP contribution is 2.32. The molecule has 2 aliphatic heterocycles. The second-order valence-corrected chi connectivity index (χ2v) is 6.77. The number of nitrogens with zero attached hydrogens (tertiary/aromatic N) is 3. The van der Waals surface area contributed by atoms with Crippen molar-refractivity contribution in [2.75, 3.05) is 13.1 Å². The van der Waals surface area contributed by atoms with Crippen LogP contribution in [0.15, 0.2) is 52.4 Å². The number of carbonyl (C=O) groups excluding carboxylic acids is 1. The predicted octanol–water partition coefficient (Wildman–Crippen LogP) is 3.03. The molecule has 0 bridgehead atoms. The molecule has 0 saturated heterocycles. The van der Waals surface area contributed by atoms with Gasteiger partial charge in [-0.15, -0.1) is 0 Å². The molecule has 0 aromatic heterocycles. The summed E-state index contributed by atoms with van der Waals surface area (Å²) < 4.78 is 38.3. The Morgan fingerprint density at radius 3 is 2.39 bits per heavy atom. The number of benzene rings is 2. The Morgan fingerprint density at radius 1 is 1.04 bits per heavy atom. The second-order valence-electron chi connectivity index (χ2n) is 6.77. The summed E-state index contributed by atoms with van der Waals surface area (Å²) in [5.41, 5.74) is 8.78. The summed E-state index contributed by atoms with van der Waals surface area (Å²) >= 11 is 0. The van der Waals surface area contributed by atoms with Crippen molar-refractivity contribution in [1.82, 2.24) is 4.90 Å². The minimum Gasteiger partial charge on any atom is -0.368 e. The maximum atomic E-state index is 12.8. The molecule has 0 saturated carbocycles. The normalized spacial score (nSPS) is 16.5. The molecule has 1 amide bonds. The molecule has 2 heterocycles. The lowest BCUT2D eigenvalue weighted by Crippen LogP contribution is -2.40. The maximum absolute atomic E-state index is 12.8. The van der Waals surface area contributed by atoms with E-state index in [0.717, 1.165) is 28.8 Å². The van der Waals surface area contributed by atoms with E-state index < -0.39 is 11.7 Å². The van der Waals surface area contributed by atoms with Gasteiger partial charge >= 0.3 is 6.18 Å². The molecule has 0 radical (unpaired) electrons. The molecule has 144 valence electrons. The highest BCUT2D eigenvalue weighted by atomic mass is 19.4. The topological polar surface area (TPSA) is 71.0 Å². The van der Waals surface area contributed by atoms with Crippen LogP contribution in [0.4, 0.5) is 13.2 Å². The summed E-state index contributed by atoms with van der Waals surface area (Å²) in [7, 11) is 0. The third-order valence-electron chi connectivity index (χ3n) is 4.94. The van der Waals surface area contributed by atoms with Crippen molar-refractivity contribution < 1.29 is 18.0 Å². The Bertz CT molecular complexity index is 994. The van der Waals surface area contributed by atoms with E-state index in [1.165, 1.54) is 12.1 Å². The standard InChI is InChI=1S/C20H17F3N4O/c21-20(22,23)16-5-3-12(4-6-16)14-2-1-13-7-8-27(11-15(13)9-14)18(28)17-10-25-19(24)26-17/h1-6,9H,7-8,10-11H2,(H2,24,25). The Kier molecular flexibility index (Phi) is 4.41. The number of carbonyl (C=O) groups is 1. The number of rotatable bonds is 2. The van der Waals surface area contributed by atoms with Gasteiger partial charge in [0.2, 0.25) is 5.96 Å². The van der Waals surface area contributed by atoms with E-state index in [-0.39, 0.29) is 18.4 Å². The highest BCUT2D eigenvalue weighted by Gasteiger charge is 2.30. The summed E-state index contributed by atoms with van der Waals surface area (Å²) in [4.78, 5) is 22.2. The van der Waals surface area contributed by atoms with Crippen LogP contribution in [0.3, 0.4) is 0 Å². The molecule has 5 nitrogen and oxygen atoms in total. The first-order valence-corrected chi connectivity index (χ1v) is 8.77. The van der Waals surface area contributed by atoms with Crippen LogP contribution in [0.2, 0.25) is 0 Å². The zero-order chi connectivity index (χ0) is 19.9. The number of aliphatic imine (C=N–C) groups is 2. The first-order valence-electron chi connectivity index (χ1n) is 8.77. The number of guanidine groups is 1. The van der Waals surface area contributed by atoms with Gasteiger partial charge in [0.15, 0.2) is 0 Å². The first kappa shape index (κ1) is 18.2. The lowest BCUT2D eigenvalue weighted by Gasteiger charge is -2.29. The van der Waals surface area contributed by atoms with Gasteiger partial charge in [-0.25, -0.2) is 9.98 Å². The fraction of sp³-hybridized carbons (Fsp3) is 0.250. The van der Waals surface area contributed by atoms with E-state index in [9.17, 15) is 18.0 Å². The number of hydrogen-bond donors (Lipinski definition) is 1. The summed E-state index contributed by atoms with van der Waals surface area (Å²) in [6, 6.07) is 10.9. The molecule has 2 aliphatic rings. The van der Waals surface area contributed by atoms with Gasteiger partial charge in [0.25, 0.3) is 5.91 Å². The summed E-state index contributed by atoms with van der Waals surface area (Å²) in [5.74, 6) is -0.0693. The van der Waals surface area contributed by atoms with E-state index in [1.54, 1.807) is 4.90 Å². The Morgan fingerprint density at radius 2 is 1.75 bits per heavy atom. The fourth-order valence-electron chi connectivity index (χ4n) is 3.42. The van der Waals surface area contributed by atoms with Crippen molar-refractivity contribution in [3.05, 3.63) is 59.2 Å². The minimum atomic E-state index is -4.36. The monoisotopic (exact) mass is 386 g/mol. The van der Waals surface area contributed by atoms with Crippen LogP contribution >= 0.6 is 0 Å². The number of amides is 1. The lowest BCUT2D eigenvalue weighted by molar-refractivity contribution is -0.137. The fourth-order valence-corrected chi connectivity index (χ4v) is 3.42. The number of alkyl halides is 3. The zero-order valence-corrected chi connectivity index (χ0v) is 14.8.